The highest BCUT2D eigenvalue weighted by molar-refractivity contribution is 5.81. The number of carbonyl (C=O) groups is 1. The lowest BCUT2D eigenvalue weighted by Crippen LogP contribution is -2.42. The summed E-state index contributed by atoms with van der Waals surface area (Å²) in [5, 5.41) is 7.36. The molecule has 2 aromatic carbocycles. The molecule has 2 unspecified atom stereocenters. The van der Waals surface area contributed by atoms with E-state index in [-0.39, 0.29) is 18.0 Å². The highest BCUT2D eigenvalue weighted by atomic mass is 16.3. The van der Waals surface area contributed by atoms with Crippen molar-refractivity contribution >= 4 is 16.9 Å². The summed E-state index contributed by atoms with van der Waals surface area (Å²) in [5.74, 6) is 0.811. The molecule has 0 spiro atoms. The van der Waals surface area contributed by atoms with Gasteiger partial charge in [0.15, 0.2) is 0 Å². The van der Waals surface area contributed by atoms with Gasteiger partial charge in [0.1, 0.15) is 11.3 Å². The minimum Gasteiger partial charge on any atom is -0.459 e. The molecule has 1 heterocycles. The van der Waals surface area contributed by atoms with Gasteiger partial charge in [0.05, 0.1) is 12.1 Å². The molecular weight excluding hydrogens is 312 g/mol. The van der Waals surface area contributed by atoms with E-state index >= 15 is 0 Å². The van der Waals surface area contributed by atoms with Crippen LogP contribution in [0.1, 0.15) is 36.8 Å². The fraction of sp³-hybridized carbons (Fsp3) is 0.286. The molecular formula is C21H24N2O2. The normalized spacial score (nSPS) is 13.6. The molecule has 0 bridgehead atoms. The second-order valence-corrected chi connectivity index (χ2v) is 6.44. The van der Waals surface area contributed by atoms with Gasteiger partial charge in [-0.25, -0.2) is 0 Å². The summed E-state index contributed by atoms with van der Waals surface area (Å²) in [7, 11) is 0. The first-order valence-electron chi connectivity index (χ1n) is 8.61. The topological polar surface area (TPSA) is 54.3 Å². The van der Waals surface area contributed by atoms with Crippen molar-refractivity contribution in [2.75, 3.05) is 0 Å². The van der Waals surface area contributed by atoms with Crippen LogP contribution in [0.2, 0.25) is 0 Å². The molecule has 2 N–H and O–H groups in total. The average molecular weight is 336 g/mol. The Hall–Kier alpha value is -2.59. The largest absolute Gasteiger partial charge is 0.459 e. The third-order valence-corrected chi connectivity index (χ3v) is 4.48. The van der Waals surface area contributed by atoms with Gasteiger partial charge in [-0.2, -0.15) is 0 Å². The molecule has 4 heteroatoms. The summed E-state index contributed by atoms with van der Waals surface area (Å²) in [4.78, 5) is 12.4. The summed E-state index contributed by atoms with van der Waals surface area (Å²) in [6, 6.07) is 17.6. The minimum absolute atomic E-state index is 0.0220. The van der Waals surface area contributed by atoms with Crippen LogP contribution in [0.4, 0.5) is 0 Å². The second kappa shape index (κ2) is 7.53. The van der Waals surface area contributed by atoms with Gasteiger partial charge in [0.2, 0.25) is 5.91 Å². The number of carbonyl (C=O) groups excluding carboxylic acids is 1. The maximum Gasteiger partial charge on any atom is 0.237 e. The number of para-hydroxylation sites is 1. The van der Waals surface area contributed by atoms with E-state index in [0.717, 1.165) is 22.3 Å². The van der Waals surface area contributed by atoms with E-state index in [1.165, 1.54) is 5.56 Å². The Balaban J connectivity index is 1.58. The van der Waals surface area contributed by atoms with Gasteiger partial charge in [-0.05, 0) is 44.0 Å². The van der Waals surface area contributed by atoms with Crippen molar-refractivity contribution in [2.45, 2.75) is 39.4 Å². The number of furan rings is 1. The third-order valence-electron chi connectivity index (χ3n) is 4.48. The van der Waals surface area contributed by atoms with E-state index < -0.39 is 0 Å². The molecule has 0 radical (unpaired) electrons. The molecule has 0 aliphatic carbocycles. The molecule has 1 aromatic heterocycles. The minimum atomic E-state index is -0.313. The van der Waals surface area contributed by atoms with Crippen molar-refractivity contribution < 1.29 is 9.21 Å². The molecule has 3 aromatic rings. The van der Waals surface area contributed by atoms with Crippen LogP contribution in [-0.2, 0) is 11.3 Å². The van der Waals surface area contributed by atoms with Crippen molar-refractivity contribution in [3.63, 3.8) is 0 Å². The van der Waals surface area contributed by atoms with Gasteiger partial charge in [0.25, 0.3) is 0 Å². The van der Waals surface area contributed by atoms with Gasteiger partial charge in [0, 0.05) is 11.9 Å². The molecule has 25 heavy (non-hydrogen) atoms. The molecule has 0 aliphatic rings. The van der Waals surface area contributed by atoms with Crippen LogP contribution < -0.4 is 10.6 Å². The van der Waals surface area contributed by atoms with Crippen molar-refractivity contribution in [1.29, 1.82) is 0 Å². The van der Waals surface area contributed by atoms with E-state index in [1.54, 1.807) is 0 Å². The lowest BCUT2D eigenvalue weighted by molar-refractivity contribution is -0.123. The van der Waals surface area contributed by atoms with Crippen LogP contribution in [0.15, 0.2) is 59.0 Å². The van der Waals surface area contributed by atoms with Crippen molar-refractivity contribution in [1.82, 2.24) is 10.6 Å². The molecule has 3 rings (SSSR count). The molecule has 4 nitrogen and oxygen atoms in total. The maximum atomic E-state index is 12.4. The van der Waals surface area contributed by atoms with Crippen LogP contribution >= 0.6 is 0 Å². The Kier molecular flexibility index (Phi) is 5.19. The quantitative estimate of drug-likeness (QED) is 0.713. The van der Waals surface area contributed by atoms with E-state index in [4.69, 9.17) is 4.42 Å². The van der Waals surface area contributed by atoms with E-state index in [1.807, 2.05) is 75.4 Å². The summed E-state index contributed by atoms with van der Waals surface area (Å²) in [6.45, 7) is 6.46. The zero-order chi connectivity index (χ0) is 17.8. The standard InChI is InChI=1S/C21H24N2O2/c1-14-8-4-5-10-18(14)13-22-21(24)16(3)23-15(2)20-12-17-9-6-7-11-19(17)25-20/h4-12,15-16,23H,13H2,1-3H3,(H,22,24). The summed E-state index contributed by atoms with van der Waals surface area (Å²) < 4.78 is 5.86. The second-order valence-electron chi connectivity index (χ2n) is 6.44. The highest BCUT2D eigenvalue weighted by Gasteiger charge is 2.18. The number of aryl methyl sites for hydroxylation is 1. The molecule has 1 amide bonds. The Bertz CT molecular complexity index is 836. The Morgan fingerprint density at radius 2 is 1.80 bits per heavy atom. The summed E-state index contributed by atoms with van der Waals surface area (Å²) in [5.41, 5.74) is 3.18. The molecule has 0 fully saturated rings. The predicted octanol–water partition coefficient (Wildman–Crippen LogP) is 4.10. The zero-order valence-corrected chi connectivity index (χ0v) is 14.9. The van der Waals surface area contributed by atoms with Gasteiger partial charge in [-0.3, -0.25) is 10.1 Å². The molecule has 0 aliphatic heterocycles. The van der Waals surface area contributed by atoms with Gasteiger partial charge in [-0.1, -0.05) is 42.5 Å². The van der Waals surface area contributed by atoms with E-state index in [9.17, 15) is 4.79 Å². The zero-order valence-electron chi connectivity index (χ0n) is 14.9. The summed E-state index contributed by atoms with van der Waals surface area (Å²) >= 11 is 0. The van der Waals surface area contributed by atoms with E-state index in [0.29, 0.717) is 6.54 Å². The lowest BCUT2D eigenvalue weighted by Gasteiger charge is -2.18. The van der Waals surface area contributed by atoms with Crippen LogP contribution in [-0.4, -0.2) is 11.9 Å². The monoisotopic (exact) mass is 336 g/mol. The number of hydrogen-bond donors (Lipinski definition) is 2. The van der Waals surface area contributed by atoms with Gasteiger partial charge < -0.3 is 9.73 Å². The number of rotatable bonds is 6. The van der Waals surface area contributed by atoms with Crippen molar-refractivity contribution in [3.8, 4) is 0 Å². The first-order chi connectivity index (χ1) is 12.0. The predicted molar refractivity (Wildman–Crippen MR) is 100 cm³/mol. The number of hydrogen-bond acceptors (Lipinski definition) is 3. The average Bonchev–Trinajstić information content (AvgIpc) is 3.05. The Morgan fingerprint density at radius 3 is 2.56 bits per heavy atom. The Labute approximate surface area is 148 Å². The van der Waals surface area contributed by atoms with Crippen molar-refractivity contribution in [3.05, 3.63) is 71.5 Å². The van der Waals surface area contributed by atoms with E-state index in [2.05, 4.69) is 10.6 Å². The Morgan fingerprint density at radius 1 is 1.08 bits per heavy atom. The van der Waals surface area contributed by atoms with Gasteiger partial charge in [-0.15, -0.1) is 0 Å². The molecule has 2 atom stereocenters. The van der Waals surface area contributed by atoms with Crippen LogP contribution in [0, 0.1) is 6.92 Å². The number of amides is 1. The number of nitrogens with one attached hydrogen (secondary N) is 2. The highest BCUT2D eigenvalue weighted by Crippen LogP contribution is 2.23. The smallest absolute Gasteiger partial charge is 0.237 e. The third kappa shape index (κ3) is 4.09. The fourth-order valence-corrected chi connectivity index (χ4v) is 2.89. The maximum absolute atomic E-state index is 12.4. The SMILES string of the molecule is Cc1ccccc1CNC(=O)C(C)NC(C)c1cc2ccccc2o1. The molecule has 0 saturated carbocycles. The first kappa shape index (κ1) is 17.2. The molecule has 0 saturated heterocycles. The lowest BCUT2D eigenvalue weighted by atomic mass is 10.1. The van der Waals surface area contributed by atoms with Crippen LogP contribution in [0.5, 0.6) is 0 Å². The summed E-state index contributed by atoms with van der Waals surface area (Å²) in [6.07, 6.45) is 0. The van der Waals surface area contributed by atoms with Crippen LogP contribution in [0.3, 0.4) is 0 Å². The molecule has 130 valence electrons. The van der Waals surface area contributed by atoms with Gasteiger partial charge >= 0.3 is 0 Å². The number of fused-ring (bicyclic) bond motifs is 1. The first-order valence-corrected chi connectivity index (χ1v) is 8.61. The number of benzene rings is 2. The fourth-order valence-electron chi connectivity index (χ4n) is 2.89. The van der Waals surface area contributed by atoms with Crippen molar-refractivity contribution in [2.24, 2.45) is 0 Å². The van der Waals surface area contributed by atoms with Crippen LogP contribution in [0.25, 0.3) is 11.0 Å².